The fourth-order valence-electron chi connectivity index (χ4n) is 2.16. The van der Waals surface area contributed by atoms with Crippen LogP contribution in [0.3, 0.4) is 0 Å². The highest BCUT2D eigenvalue weighted by Gasteiger charge is 2.26. The molecule has 2 aromatic rings. The quantitative estimate of drug-likeness (QED) is 0.877. The Balaban J connectivity index is 1.81. The Bertz CT molecular complexity index is 602. The molecule has 0 bridgehead atoms. The predicted molar refractivity (Wildman–Crippen MR) is 77.8 cm³/mol. The lowest BCUT2D eigenvalue weighted by atomic mass is 10.1. The number of rotatable bonds is 3. The van der Waals surface area contributed by atoms with Gasteiger partial charge in [0.15, 0.2) is 0 Å². The van der Waals surface area contributed by atoms with Gasteiger partial charge in [0.2, 0.25) is 0 Å². The molecule has 1 aliphatic rings. The summed E-state index contributed by atoms with van der Waals surface area (Å²) in [5.74, 6) is 0.520. The van der Waals surface area contributed by atoms with Crippen molar-refractivity contribution in [1.29, 1.82) is 0 Å². The highest BCUT2D eigenvalue weighted by Crippen LogP contribution is 2.43. The van der Waals surface area contributed by atoms with Crippen LogP contribution in [-0.2, 0) is 0 Å². The molecule has 1 fully saturated rings. The Morgan fingerprint density at radius 3 is 2.42 bits per heavy atom. The van der Waals surface area contributed by atoms with Crippen molar-refractivity contribution in [2.45, 2.75) is 18.8 Å². The minimum absolute atomic E-state index is 0.0928. The van der Waals surface area contributed by atoms with Crippen molar-refractivity contribution < 1.29 is 4.79 Å². The minimum Gasteiger partial charge on any atom is -0.322 e. The van der Waals surface area contributed by atoms with Crippen LogP contribution in [0.15, 0.2) is 48.5 Å². The Hall–Kier alpha value is -1.80. The molecule has 3 heteroatoms. The second-order valence-electron chi connectivity index (χ2n) is 4.82. The smallest absolute Gasteiger partial charge is 0.255 e. The highest BCUT2D eigenvalue weighted by atomic mass is 35.5. The fraction of sp³-hybridized carbons (Fsp3) is 0.188. The van der Waals surface area contributed by atoms with E-state index < -0.39 is 0 Å². The van der Waals surface area contributed by atoms with Crippen molar-refractivity contribution in [3.05, 3.63) is 64.7 Å². The molecule has 1 aliphatic carbocycles. The molecule has 0 aliphatic heterocycles. The summed E-state index contributed by atoms with van der Waals surface area (Å²) >= 11 is 5.82. The van der Waals surface area contributed by atoms with E-state index in [9.17, 15) is 4.79 Å². The Morgan fingerprint density at radius 1 is 1.05 bits per heavy atom. The molecule has 96 valence electrons. The molecule has 0 heterocycles. The molecular formula is C16H14ClNO. The van der Waals surface area contributed by atoms with Gasteiger partial charge < -0.3 is 5.32 Å². The van der Waals surface area contributed by atoms with E-state index in [4.69, 9.17) is 11.6 Å². The summed E-state index contributed by atoms with van der Waals surface area (Å²) in [6, 6.07) is 14.9. The summed E-state index contributed by atoms with van der Waals surface area (Å²) in [7, 11) is 0. The van der Waals surface area contributed by atoms with Crippen molar-refractivity contribution in [1.82, 2.24) is 0 Å². The third-order valence-electron chi connectivity index (χ3n) is 3.33. The van der Waals surface area contributed by atoms with E-state index in [1.807, 2.05) is 18.2 Å². The number of nitrogens with one attached hydrogen (secondary N) is 1. The van der Waals surface area contributed by atoms with Gasteiger partial charge in [0, 0.05) is 16.3 Å². The summed E-state index contributed by atoms with van der Waals surface area (Å²) in [6.07, 6.45) is 2.43. The molecule has 1 N–H and O–H groups in total. The van der Waals surface area contributed by atoms with Gasteiger partial charge >= 0.3 is 0 Å². The third-order valence-corrected chi connectivity index (χ3v) is 3.58. The molecule has 0 spiro atoms. The number of amides is 1. The maximum Gasteiger partial charge on any atom is 0.255 e. The first-order valence-corrected chi connectivity index (χ1v) is 6.77. The van der Waals surface area contributed by atoms with Gasteiger partial charge in [-0.15, -0.1) is 0 Å². The zero-order valence-electron chi connectivity index (χ0n) is 10.4. The number of anilines is 1. The molecule has 0 atom stereocenters. The van der Waals surface area contributed by atoms with Gasteiger partial charge in [-0.05, 0) is 54.7 Å². The molecule has 0 radical (unpaired) electrons. The van der Waals surface area contributed by atoms with Crippen molar-refractivity contribution in [2.24, 2.45) is 0 Å². The van der Waals surface area contributed by atoms with Crippen molar-refractivity contribution in [3.63, 3.8) is 0 Å². The first kappa shape index (κ1) is 12.2. The minimum atomic E-state index is -0.0928. The zero-order valence-corrected chi connectivity index (χ0v) is 11.2. The molecule has 0 unspecified atom stereocenters. The van der Waals surface area contributed by atoms with Gasteiger partial charge in [-0.3, -0.25) is 4.79 Å². The van der Waals surface area contributed by atoms with Gasteiger partial charge in [0.05, 0.1) is 0 Å². The summed E-state index contributed by atoms with van der Waals surface area (Å²) in [5, 5.41) is 3.62. The van der Waals surface area contributed by atoms with Gasteiger partial charge in [0.25, 0.3) is 5.91 Å². The van der Waals surface area contributed by atoms with Crippen LogP contribution < -0.4 is 5.32 Å². The first-order valence-electron chi connectivity index (χ1n) is 6.40. The topological polar surface area (TPSA) is 29.1 Å². The van der Waals surface area contributed by atoms with Crippen LogP contribution in [0, 0.1) is 0 Å². The van der Waals surface area contributed by atoms with Crippen molar-refractivity contribution in [3.8, 4) is 0 Å². The summed E-state index contributed by atoms with van der Waals surface area (Å²) < 4.78 is 0. The van der Waals surface area contributed by atoms with Crippen LogP contribution in [0.2, 0.25) is 5.02 Å². The average Bonchev–Trinajstić information content (AvgIpc) is 3.24. The number of carbonyl (C=O) groups excluding carboxylic acids is 1. The second kappa shape index (κ2) is 5.06. The Kier molecular flexibility index (Phi) is 3.26. The maximum absolute atomic E-state index is 12.2. The van der Waals surface area contributed by atoms with Gasteiger partial charge in [-0.2, -0.15) is 0 Å². The maximum atomic E-state index is 12.2. The average molecular weight is 272 g/mol. The standard InChI is InChI=1S/C16H14ClNO/c17-13-9-7-12(8-10-13)16(19)18-15-4-2-1-3-14(15)11-5-6-11/h1-4,7-11H,5-6H2,(H,18,19). The third kappa shape index (κ3) is 2.79. The molecule has 0 saturated heterocycles. The molecule has 0 aromatic heterocycles. The molecule has 3 rings (SSSR count). The normalized spacial score (nSPS) is 14.2. The Morgan fingerprint density at radius 2 is 1.74 bits per heavy atom. The van der Waals surface area contributed by atoms with Gasteiger partial charge in [-0.1, -0.05) is 29.8 Å². The number of carbonyl (C=O) groups is 1. The van der Waals surface area contributed by atoms with E-state index in [1.54, 1.807) is 24.3 Å². The van der Waals surface area contributed by atoms with Crippen LogP contribution in [0.4, 0.5) is 5.69 Å². The van der Waals surface area contributed by atoms with Crippen LogP contribution in [0.1, 0.15) is 34.7 Å². The van der Waals surface area contributed by atoms with Gasteiger partial charge in [-0.25, -0.2) is 0 Å². The van der Waals surface area contributed by atoms with E-state index in [2.05, 4.69) is 11.4 Å². The van der Waals surface area contributed by atoms with E-state index in [-0.39, 0.29) is 5.91 Å². The van der Waals surface area contributed by atoms with E-state index in [1.165, 1.54) is 18.4 Å². The van der Waals surface area contributed by atoms with E-state index in [0.717, 1.165) is 5.69 Å². The lowest BCUT2D eigenvalue weighted by molar-refractivity contribution is 0.102. The number of hydrogen-bond acceptors (Lipinski definition) is 1. The summed E-state index contributed by atoms with van der Waals surface area (Å²) in [4.78, 5) is 12.2. The molecule has 1 amide bonds. The molecule has 2 aromatic carbocycles. The molecule has 2 nitrogen and oxygen atoms in total. The van der Waals surface area contributed by atoms with Crippen molar-refractivity contribution in [2.75, 3.05) is 5.32 Å². The summed E-state index contributed by atoms with van der Waals surface area (Å²) in [6.45, 7) is 0. The zero-order chi connectivity index (χ0) is 13.2. The van der Waals surface area contributed by atoms with E-state index >= 15 is 0 Å². The van der Waals surface area contributed by atoms with Crippen LogP contribution in [-0.4, -0.2) is 5.91 Å². The SMILES string of the molecule is O=C(Nc1ccccc1C1CC1)c1ccc(Cl)cc1. The number of para-hydroxylation sites is 1. The largest absolute Gasteiger partial charge is 0.322 e. The number of halogens is 1. The molecule has 1 saturated carbocycles. The molecule has 19 heavy (non-hydrogen) atoms. The van der Waals surface area contributed by atoms with Crippen LogP contribution in [0.25, 0.3) is 0 Å². The van der Waals surface area contributed by atoms with Crippen molar-refractivity contribution >= 4 is 23.2 Å². The first-order chi connectivity index (χ1) is 9.24. The predicted octanol–water partition coefficient (Wildman–Crippen LogP) is 4.47. The second-order valence-corrected chi connectivity index (χ2v) is 5.26. The lowest BCUT2D eigenvalue weighted by Gasteiger charge is -2.10. The van der Waals surface area contributed by atoms with E-state index in [0.29, 0.717) is 16.5 Å². The lowest BCUT2D eigenvalue weighted by Crippen LogP contribution is -2.12. The van der Waals surface area contributed by atoms with Gasteiger partial charge in [0.1, 0.15) is 0 Å². The van der Waals surface area contributed by atoms with Crippen LogP contribution >= 0.6 is 11.6 Å². The number of hydrogen-bond donors (Lipinski definition) is 1. The highest BCUT2D eigenvalue weighted by molar-refractivity contribution is 6.30. The monoisotopic (exact) mass is 271 g/mol. The van der Waals surface area contributed by atoms with Crippen LogP contribution in [0.5, 0.6) is 0 Å². The number of benzene rings is 2. The molecular weight excluding hydrogens is 258 g/mol. The fourth-order valence-corrected chi connectivity index (χ4v) is 2.28. The Labute approximate surface area is 117 Å². The summed E-state index contributed by atoms with van der Waals surface area (Å²) in [5.41, 5.74) is 2.78.